The fourth-order valence-electron chi connectivity index (χ4n) is 2.78. The van der Waals surface area contributed by atoms with Gasteiger partial charge in [0.25, 0.3) is 0 Å². The monoisotopic (exact) mass is 254 g/mol. The van der Waals surface area contributed by atoms with Crippen molar-refractivity contribution in [1.29, 1.82) is 0 Å². The van der Waals surface area contributed by atoms with Gasteiger partial charge in [-0.3, -0.25) is 0 Å². The smallest absolute Gasteiger partial charge is 0.335 e. The maximum Gasteiger partial charge on any atom is 0.335 e. The highest BCUT2D eigenvalue weighted by Crippen LogP contribution is 2.42. The molecule has 1 aliphatic carbocycles. The van der Waals surface area contributed by atoms with Gasteiger partial charge in [-0.25, -0.2) is 14.8 Å². The van der Waals surface area contributed by atoms with Crippen molar-refractivity contribution in [2.75, 3.05) is 0 Å². The van der Waals surface area contributed by atoms with Crippen LogP contribution in [0.5, 0.6) is 0 Å². The molecule has 1 aliphatic rings. The summed E-state index contributed by atoms with van der Waals surface area (Å²) in [5, 5.41) is 9.33. The summed E-state index contributed by atoms with van der Waals surface area (Å²) in [6.45, 7) is 4.19. The van der Waals surface area contributed by atoms with E-state index in [1.54, 1.807) is 12.1 Å². The van der Waals surface area contributed by atoms with Crippen molar-refractivity contribution in [2.24, 2.45) is 0 Å². The zero-order chi connectivity index (χ0) is 13.6. The van der Waals surface area contributed by atoms with Gasteiger partial charge in [0.05, 0.1) is 11.3 Å². The lowest BCUT2D eigenvalue weighted by molar-refractivity contribution is 0.0695. The Morgan fingerprint density at radius 2 is 2.16 bits per heavy atom. The number of carboxylic acid groups (broad SMARTS) is 1. The minimum absolute atomic E-state index is 0.158. The first-order valence-corrected chi connectivity index (χ1v) is 6.17. The summed E-state index contributed by atoms with van der Waals surface area (Å²) in [6.07, 6.45) is 4.03. The maximum absolute atomic E-state index is 11.4. The number of benzene rings is 1. The summed E-state index contributed by atoms with van der Waals surface area (Å²) in [5.41, 5.74) is 3.92. The van der Waals surface area contributed by atoms with Crippen molar-refractivity contribution in [2.45, 2.75) is 25.7 Å². The standard InChI is InChI=1S/C15H14N2O2/c1-15(2)6-11-9(4-3-5-10(11)14(18)19)13-12(15)7-16-8-17-13/h3-5,7-8H,6H2,1-2H3,(H,18,19). The van der Waals surface area contributed by atoms with Gasteiger partial charge < -0.3 is 5.11 Å². The average molecular weight is 254 g/mol. The third kappa shape index (κ3) is 1.71. The second kappa shape index (κ2) is 3.88. The Bertz CT molecular complexity index is 678. The molecular formula is C15H14N2O2. The van der Waals surface area contributed by atoms with E-state index < -0.39 is 5.97 Å². The predicted octanol–water partition coefficient (Wildman–Crippen LogP) is 2.68. The summed E-state index contributed by atoms with van der Waals surface area (Å²) in [4.78, 5) is 19.8. The molecule has 0 fully saturated rings. The molecule has 3 rings (SSSR count). The highest BCUT2D eigenvalue weighted by Gasteiger charge is 2.34. The van der Waals surface area contributed by atoms with E-state index in [1.807, 2.05) is 12.3 Å². The lowest BCUT2D eigenvalue weighted by Crippen LogP contribution is -2.28. The molecule has 2 aromatic rings. The maximum atomic E-state index is 11.4. The molecular weight excluding hydrogens is 240 g/mol. The number of fused-ring (bicyclic) bond motifs is 3. The SMILES string of the molecule is CC1(C)Cc2c(C(=O)O)cccc2-c2ncncc21. The van der Waals surface area contributed by atoms with Gasteiger partial charge in [0.2, 0.25) is 0 Å². The van der Waals surface area contributed by atoms with Gasteiger partial charge >= 0.3 is 5.97 Å². The molecule has 0 spiro atoms. The summed E-state index contributed by atoms with van der Waals surface area (Å²) < 4.78 is 0. The minimum Gasteiger partial charge on any atom is -0.478 e. The second-order valence-corrected chi connectivity index (χ2v) is 5.48. The Hall–Kier alpha value is -2.23. The van der Waals surface area contributed by atoms with Gasteiger partial charge in [0, 0.05) is 17.3 Å². The van der Waals surface area contributed by atoms with Crippen LogP contribution in [0.3, 0.4) is 0 Å². The van der Waals surface area contributed by atoms with Crippen LogP contribution in [0.25, 0.3) is 11.3 Å². The van der Waals surface area contributed by atoms with Crippen molar-refractivity contribution in [3.8, 4) is 11.3 Å². The summed E-state index contributed by atoms with van der Waals surface area (Å²) in [6, 6.07) is 5.36. The van der Waals surface area contributed by atoms with Gasteiger partial charge in [0.1, 0.15) is 6.33 Å². The number of hydrogen-bond donors (Lipinski definition) is 1. The molecule has 1 heterocycles. The number of hydrogen-bond acceptors (Lipinski definition) is 3. The average Bonchev–Trinajstić information content (AvgIpc) is 2.38. The number of aromatic nitrogens is 2. The molecule has 0 atom stereocenters. The summed E-state index contributed by atoms with van der Waals surface area (Å²) in [5.74, 6) is -0.884. The lowest BCUT2D eigenvalue weighted by atomic mass is 9.71. The molecule has 96 valence electrons. The Kier molecular flexibility index (Phi) is 2.42. The van der Waals surface area contributed by atoms with E-state index in [2.05, 4.69) is 23.8 Å². The van der Waals surface area contributed by atoms with Crippen LogP contribution in [-0.4, -0.2) is 21.0 Å². The number of aromatic carboxylic acids is 1. The number of carbonyl (C=O) groups is 1. The van der Waals surface area contributed by atoms with Crippen molar-refractivity contribution >= 4 is 5.97 Å². The zero-order valence-electron chi connectivity index (χ0n) is 10.8. The van der Waals surface area contributed by atoms with Crippen LogP contribution in [0.2, 0.25) is 0 Å². The van der Waals surface area contributed by atoms with Gasteiger partial charge in [-0.05, 0) is 23.5 Å². The molecule has 19 heavy (non-hydrogen) atoms. The van der Waals surface area contributed by atoms with E-state index in [1.165, 1.54) is 6.33 Å². The predicted molar refractivity (Wildman–Crippen MR) is 71.2 cm³/mol. The van der Waals surface area contributed by atoms with Crippen molar-refractivity contribution < 1.29 is 9.90 Å². The zero-order valence-corrected chi connectivity index (χ0v) is 10.8. The molecule has 0 amide bonds. The van der Waals surface area contributed by atoms with E-state index >= 15 is 0 Å². The van der Waals surface area contributed by atoms with Crippen molar-refractivity contribution in [3.63, 3.8) is 0 Å². The highest BCUT2D eigenvalue weighted by atomic mass is 16.4. The van der Waals surface area contributed by atoms with Crippen LogP contribution in [0.15, 0.2) is 30.7 Å². The third-order valence-corrected chi connectivity index (χ3v) is 3.72. The van der Waals surface area contributed by atoms with Crippen LogP contribution in [0, 0.1) is 0 Å². The Morgan fingerprint density at radius 3 is 2.89 bits per heavy atom. The first kappa shape index (κ1) is 11.8. The van der Waals surface area contributed by atoms with Crippen LogP contribution < -0.4 is 0 Å². The Balaban J connectivity index is 2.34. The van der Waals surface area contributed by atoms with Crippen LogP contribution in [0.1, 0.15) is 35.3 Å². The van der Waals surface area contributed by atoms with Gasteiger partial charge in [-0.15, -0.1) is 0 Å². The number of carboxylic acids is 1. The van der Waals surface area contributed by atoms with E-state index in [9.17, 15) is 9.90 Å². The largest absolute Gasteiger partial charge is 0.478 e. The molecule has 1 aromatic carbocycles. The second-order valence-electron chi connectivity index (χ2n) is 5.48. The molecule has 0 unspecified atom stereocenters. The molecule has 4 heteroatoms. The van der Waals surface area contributed by atoms with Crippen LogP contribution in [-0.2, 0) is 11.8 Å². The molecule has 0 bridgehead atoms. The molecule has 0 aliphatic heterocycles. The first-order valence-electron chi connectivity index (χ1n) is 6.17. The quantitative estimate of drug-likeness (QED) is 0.849. The summed E-state index contributed by atoms with van der Waals surface area (Å²) in [7, 11) is 0. The Labute approximate surface area is 111 Å². The lowest BCUT2D eigenvalue weighted by Gasteiger charge is -2.33. The van der Waals surface area contributed by atoms with Gasteiger partial charge in [-0.2, -0.15) is 0 Å². The third-order valence-electron chi connectivity index (χ3n) is 3.72. The van der Waals surface area contributed by atoms with E-state index in [0.717, 1.165) is 22.4 Å². The fourth-order valence-corrected chi connectivity index (χ4v) is 2.78. The fraction of sp³-hybridized carbons (Fsp3) is 0.267. The normalized spacial score (nSPS) is 15.5. The van der Waals surface area contributed by atoms with E-state index in [-0.39, 0.29) is 5.41 Å². The molecule has 4 nitrogen and oxygen atoms in total. The number of nitrogens with zero attached hydrogens (tertiary/aromatic N) is 2. The first-order chi connectivity index (χ1) is 9.00. The molecule has 1 N–H and O–H groups in total. The van der Waals surface area contributed by atoms with Gasteiger partial charge in [0.15, 0.2) is 0 Å². The number of rotatable bonds is 1. The van der Waals surface area contributed by atoms with Crippen LogP contribution in [0.4, 0.5) is 0 Å². The molecule has 0 saturated heterocycles. The Morgan fingerprint density at radius 1 is 1.37 bits per heavy atom. The topological polar surface area (TPSA) is 63.1 Å². The van der Waals surface area contributed by atoms with E-state index in [0.29, 0.717) is 12.0 Å². The van der Waals surface area contributed by atoms with Crippen LogP contribution >= 0.6 is 0 Å². The highest BCUT2D eigenvalue weighted by molar-refractivity contribution is 5.92. The van der Waals surface area contributed by atoms with Crippen molar-refractivity contribution in [1.82, 2.24) is 9.97 Å². The van der Waals surface area contributed by atoms with Crippen molar-refractivity contribution in [3.05, 3.63) is 47.4 Å². The molecule has 1 aromatic heterocycles. The minimum atomic E-state index is -0.884. The van der Waals surface area contributed by atoms with E-state index in [4.69, 9.17) is 0 Å². The molecule has 0 radical (unpaired) electrons. The summed E-state index contributed by atoms with van der Waals surface area (Å²) >= 11 is 0. The molecule has 0 saturated carbocycles. The van der Waals surface area contributed by atoms with Gasteiger partial charge in [-0.1, -0.05) is 26.0 Å².